The Hall–Kier alpha value is -2.48. The van der Waals surface area contributed by atoms with Gasteiger partial charge in [0.15, 0.2) is 0 Å². The Bertz CT molecular complexity index is 947. The van der Waals surface area contributed by atoms with E-state index in [0.717, 1.165) is 14.8 Å². The molecule has 4 nitrogen and oxygen atoms in total. The number of aryl methyl sites for hydroxylation is 1. The van der Waals surface area contributed by atoms with Crippen molar-refractivity contribution in [1.82, 2.24) is 4.98 Å². The van der Waals surface area contributed by atoms with Crippen molar-refractivity contribution in [3.05, 3.63) is 81.4 Å². The van der Waals surface area contributed by atoms with Gasteiger partial charge in [0, 0.05) is 34.4 Å². The molecule has 0 bridgehead atoms. The summed E-state index contributed by atoms with van der Waals surface area (Å²) in [5, 5.41) is 3.19. The SMILES string of the molecule is Cc1cc(I)ccc1Nc1cc(F)ccc1C(=O)N(C)c1ccncc1. The summed E-state index contributed by atoms with van der Waals surface area (Å²) in [4.78, 5) is 18.4. The molecule has 0 saturated carbocycles. The second-order valence-corrected chi connectivity index (χ2v) is 7.09. The maximum atomic E-state index is 13.8. The largest absolute Gasteiger partial charge is 0.355 e. The Morgan fingerprint density at radius 3 is 2.50 bits per heavy atom. The van der Waals surface area contributed by atoms with Gasteiger partial charge in [0.2, 0.25) is 0 Å². The lowest BCUT2D eigenvalue weighted by atomic mass is 10.1. The zero-order valence-electron chi connectivity index (χ0n) is 14.3. The summed E-state index contributed by atoms with van der Waals surface area (Å²) in [5.41, 5.74) is 3.38. The van der Waals surface area contributed by atoms with E-state index in [1.807, 2.05) is 25.1 Å². The first kappa shape index (κ1) is 18.3. The molecule has 1 amide bonds. The normalized spacial score (nSPS) is 10.5. The van der Waals surface area contributed by atoms with E-state index in [2.05, 4.69) is 32.9 Å². The highest BCUT2D eigenvalue weighted by Crippen LogP contribution is 2.27. The fourth-order valence-corrected chi connectivity index (χ4v) is 3.23. The van der Waals surface area contributed by atoms with Crippen LogP contribution in [-0.2, 0) is 0 Å². The molecular weight excluding hydrogens is 444 g/mol. The van der Waals surface area contributed by atoms with Crippen LogP contribution in [0.5, 0.6) is 0 Å². The van der Waals surface area contributed by atoms with Crippen molar-refractivity contribution in [3.63, 3.8) is 0 Å². The monoisotopic (exact) mass is 461 g/mol. The predicted molar refractivity (Wildman–Crippen MR) is 111 cm³/mol. The number of halogens is 2. The molecule has 2 aromatic carbocycles. The van der Waals surface area contributed by atoms with E-state index in [9.17, 15) is 9.18 Å². The Kier molecular flexibility index (Phi) is 5.51. The molecule has 0 spiro atoms. The number of carbonyl (C=O) groups excluding carboxylic acids is 1. The number of amides is 1. The minimum Gasteiger partial charge on any atom is -0.355 e. The first-order valence-corrected chi connectivity index (χ1v) is 9.04. The predicted octanol–water partition coefficient (Wildman–Crippen LogP) is 5.15. The van der Waals surface area contributed by atoms with Crippen molar-refractivity contribution >= 4 is 45.6 Å². The number of nitrogens with zero attached hydrogens (tertiary/aromatic N) is 2. The van der Waals surface area contributed by atoms with Gasteiger partial charge in [-0.25, -0.2) is 4.39 Å². The van der Waals surface area contributed by atoms with Gasteiger partial charge < -0.3 is 10.2 Å². The van der Waals surface area contributed by atoms with E-state index >= 15 is 0 Å². The van der Waals surface area contributed by atoms with Crippen molar-refractivity contribution < 1.29 is 9.18 Å². The van der Waals surface area contributed by atoms with Gasteiger partial charge in [0.05, 0.1) is 11.3 Å². The summed E-state index contributed by atoms with van der Waals surface area (Å²) in [6, 6.07) is 13.5. The molecule has 0 aliphatic heterocycles. The number of pyridine rings is 1. The average molecular weight is 461 g/mol. The Morgan fingerprint density at radius 1 is 1.08 bits per heavy atom. The highest BCUT2D eigenvalue weighted by Gasteiger charge is 2.18. The third-order valence-electron chi connectivity index (χ3n) is 4.02. The summed E-state index contributed by atoms with van der Waals surface area (Å²) in [6.07, 6.45) is 3.25. The number of benzene rings is 2. The third kappa shape index (κ3) is 4.01. The van der Waals surface area contributed by atoms with Gasteiger partial charge >= 0.3 is 0 Å². The van der Waals surface area contributed by atoms with Crippen LogP contribution in [0.1, 0.15) is 15.9 Å². The fourth-order valence-electron chi connectivity index (χ4n) is 2.58. The molecule has 0 fully saturated rings. The molecule has 0 unspecified atom stereocenters. The van der Waals surface area contributed by atoms with E-state index < -0.39 is 5.82 Å². The van der Waals surface area contributed by atoms with Crippen LogP contribution in [0.3, 0.4) is 0 Å². The lowest BCUT2D eigenvalue weighted by molar-refractivity contribution is 0.0994. The van der Waals surface area contributed by atoms with Crippen molar-refractivity contribution in [2.45, 2.75) is 6.92 Å². The quantitative estimate of drug-likeness (QED) is 0.547. The standard InChI is InChI=1S/C20H17FIN3O/c1-13-11-15(22)4-6-18(13)24-19-12-14(21)3-5-17(19)20(26)25(2)16-7-9-23-10-8-16/h3-12,24H,1-2H3. The molecule has 132 valence electrons. The van der Waals surface area contributed by atoms with Crippen molar-refractivity contribution in [2.75, 3.05) is 17.3 Å². The lowest BCUT2D eigenvalue weighted by Gasteiger charge is -2.20. The Morgan fingerprint density at radius 2 is 1.81 bits per heavy atom. The van der Waals surface area contributed by atoms with Gasteiger partial charge in [0.25, 0.3) is 5.91 Å². The molecule has 0 atom stereocenters. The number of anilines is 3. The average Bonchev–Trinajstić information content (AvgIpc) is 2.64. The maximum absolute atomic E-state index is 13.8. The smallest absolute Gasteiger partial charge is 0.260 e. The summed E-state index contributed by atoms with van der Waals surface area (Å²) >= 11 is 2.24. The van der Waals surface area contributed by atoms with Gasteiger partial charge in [-0.05, 0) is 83.6 Å². The van der Waals surface area contributed by atoms with Gasteiger partial charge in [-0.15, -0.1) is 0 Å². The first-order valence-electron chi connectivity index (χ1n) is 7.96. The van der Waals surface area contributed by atoms with E-state index in [4.69, 9.17) is 0 Å². The Labute approximate surface area is 165 Å². The van der Waals surface area contributed by atoms with Crippen LogP contribution in [-0.4, -0.2) is 17.9 Å². The zero-order valence-corrected chi connectivity index (χ0v) is 16.5. The number of carbonyl (C=O) groups is 1. The van der Waals surface area contributed by atoms with Gasteiger partial charge in [-0.2, -0.15) is 0 Å². The van der Waals surface area contributed by atoms with E-state index in [0.29, 0.717) is 16.9 Å². The summed E-state index contributed by atoms with van der Waals surface area (Å²) < 4.78 is 14.9. The molecule has 0 saturated heterocycles. The number of hydrogen-bond acceptors (Lipinski definition) is 3. The van der Waals surface area contributed by atoms with E-state index in [1.54, 1.807) is 31.6 Å². The first-order chi connectivity index (χ1) is 12.5. The zero-order chi connectivity index (χ0) is 18.7. The van der Waals surface area contributed by atoms with Gasteiger partial charge in [-0.3, -0.25) is 9.78 Å². The summed E-state index contributed by atoms with van der Waals surface area (Å²) in [7, 11) is 1.68. The summed E-state index contributed by atoms with van der Waals surface area (Å²) in [5.74, 6) is -0.638. The number of hydrogen-bond donors (Lipinski definition) is 1. The van der Waals surface area contributed by atoms with Crippen LogP contribution in [0.4, 0.5) is 21.5 Å². The van der Waals surface area contributed by atoms with Crippen molar-refractivity contribution in [3.8, 4) is 0 Å². The van der Waals surface area contributed by atoms with Gasteiger partial charge in [-0.1, -0.05) is 0 Å². The third-order valence-corrected chi connectivity index (χ3v) is 4.70. The highest BCUT2D eigenvalue weighted by atomic mass is 127. The van der Waals surface area contributed by atoms with Crippen LogP contribution in [0.25, 0.3) is 0 Å². The molecule has 1 N–H and O–H groups in total. The molecule has 3 rings (SSSR count). The molecular formula is C20H17FIN3O. The number of nitrogens with one attached hydrogen (secondary N) is 1. The number of aromatic nitrogens is 1. The maximum Gasteiger partial charge on any atom is 0.260 e. The molecule has 6 heteroatoms. The van der Waals surface area contributed by atoms with Crippen molar-refractivity contribution in [1.29, 1.82) is 0 Å². The second kappa shape index (κ2) is 7.82. The van der Waals surface area contributed by atoms with E-state index in [-0.39, 0.29) is 5.91 Å². The van der Waals surface area contributed by atoms with Crippen molar-refractivity contribution in [2.24, 2.45) is 0 Å². The van der Waals surface area contributed by atoms with Gasteiger partial charge in [0.1, 0.15) is 5.82 Å². The summed E-state index contributed by atoms with van der Waals surface area (Å²) in [6.45, 7) is 1.97. The highest BCUT2D eigenvalue weighted by molar-refractivity contribution is 14.1. The van der Waals surface area contributed by atoms with E-state index in [1.165, 1.54) is 23.1 Å². The molecule has 0 aliphatic rings. The molecule has 0 radical (unpaired) electrons. The van der Waals surface area contributed by atoms with Crippen LogP contribution in [0.2, 0.25) is 0 Å². The lowest BCUT2D eigenvalue weighted by Crippen LogP contribution is -2.27. The molecule has 3 aromatic rings. The minimum absolute atomic E-state index is 0.234. The molecule has 0 aliphatic carbocycles. The Balaban J connectivity index is 1.96. The molecule has 1 heterocycles. The van der Waals surface area contributed by atoms with Crippen LogP contribution in [0.15, 0.2) is 60.9 Å². The van der Waals surface area contributed by atoms with Crippen LogP contribution >= 0.6 is 22.6 Å². The number of rotatable bonds is 4. The van der Waals surface area contributed by atoms with Crippen LogP contribution < -0.4 is 10.2 Å². The fraction of sp³-hybridized carbons (Fsp3) is 0.100. The molecule has 26 heavy (non-hydrogen) atoms. The van der Waals surface area contributed by atoms with Crippen LogP contribution in [0, 0.1) is 16.3 Å². The minimum atomic E-state index is -0.404. The molecule has 1 aromatic heterocycles. The topological polar surface area (TPSA) is 45.2 Å². The second-order valence-electron chi connectivity index (χ2n) is 5.84.